The van der Waals surface area contributed by atoms with Gasteiger partial charge in [-0.15, -0.1) is 0 Å². The van der Waals surface area contributed by atoms with Gasteiger partial charge in [-0.05, 0) is 25.0 Å². The molecule has 1 aliphatic rings. The molecule has 0 bridgehead atoms. The van der Waals surface area contributed by atoms with E-state index in [9.17, 15) is 4.79 Å². The summed E-state index contributed by atoms with van der Waals surface area (Å²) < 4.78 is 1.42. The largest absolute Gasteiger partial charge is 0.381 e. The molecule has 1 aliphatic heterocycles. The van der Waals surface area contributed by atoms with Gasteiger partial charge in [-0.2, -0.15) is 16.9 Å². The Balaban J connectivity index is 2.00. The third kappa shape index (κ3) is 3.89. The van der Waals surface area contributed by atoms with Crippen molar-refractivity contribution >= 4 is 29.1 Å². The van der Waals surface area contributed by atoms with Crippen LogP contribution in [0.3, 0.4) is 0 Å². The molecule has 0 saturated carbocycles. The first-order valence-corrected chi connectivity index (χ1v) is 8.26. The van der Waals surface area contributed by atoms with Crippen molar-refractivity contribution in [2.75, 3.05) is 17.6 Å². The molecule has 1 fully saturated rings. The smallest absolute Gasteiger partial charge is 0.287 e. The molecular formula is C13H20ClN3OS. The number of hydrogen-bond donors (Lipinski definition) is 1. The zero-order valence-electron chi connectivity index (χ0n) is 11.2. The van der Waals surface area contributed by atoms with Crippen LogP contribution in [-0.2, 0) is 6.54 Å². The molecule has 0 radical (unpaired) electrons. The van der Waals surface area contributed by atoms with Crippen molar-refractivity contribution in [1.29, 1.82) is 0 Å². The topological polar surface area (TPSA) is 46.9 Å². The molecule has 2 heterocycles. The molecule has 1 saturated heterocycles. The van der Waals surface area contributed by atoms with Crippen LogP contribution in [-0.4, -0.2) is 27.3 Å². The van der Waals surface area contributed by atoms with E-state index in [2.05, 4.69) is 10.4 Å². The number of aromatic nitrogens is 2. The molecule has 0 amide bonds. The average molecular weight is 302 g/mol. The van der Waals surface area contributed by atoms with Crippen LogP contribution in [0.25, 0.3) is 0 Å². The zero-order valence-corrected chi connectivity index (χ0v) is 12.8. The third-order valence-electron chi connectivity index (χ3n) is 3.21. The lowest BCUT2D eigenvalue weighted by Gasteiger charge is -2.22. The maximum Gasteiger partial charge on any atom is 0.287 e. The number of anilines is 1. The molecule has 2 rings (SSSR count). The van der Waals surface area contributed by atoms with Crippen LogP contribution in [0.1, 0.15) is 32.6 Å². The van der Waals surface area contributed by atoms with Gasteiger partial charge in [-0.25, -0.2) is 4.68 Å². The van der Waals surface area contributed by atoms with Crippen molar-refractivity contribution in [3.63, 3.8) is 0 Å². The molecule has 1 unspecified atom stereocenters. The number of halogens is 1. The van der Waals surface area contributed by atoms with E-state index in [1.807, 2.05) is 18.7 Å². The van der Waals surface area contributed by atoms with E-state index in [0.717, 1.165) is 13.0 Å². The summed E-state index contributed by atoms with van der Waals surface area (Å²) >= 11 is 8.10. The lowest BCUT2D eigenvalue weighted by atomic mass is 10.2. The Bertz CT molecular complexity index is 471. The van der Waals surface area contributed by atoms with E-state index in [1.54, 1.807) is 6.20 Å². The first-order chi connectivity index (χ1) is 9.22. The highest BCUT2D eigenvalue weighted by Gasteiger charge is 2.15. The third-order valence-corrected chi connectivity index (χ3v) is 4.98. The van der Waals surface area contributed by atoms with Gasteiger partial charge in [0.1, 0.15) is 5.02 Å². The second kappa shape index (κ2) is 7.20. The Morgan fingerprint density at radius 3 is 3.11 bits per heavy atom. The number of hydrogen-bond acceptors (Lipinski definition) is 4. The Kier molecular flexibility index (Phi) is 5.58. The fourth-order valence-corrected chi connectivity index (χ4v) is 3.60. The predicted molar refractivity (Wildman–Crippen MR) is 82.4 cm³/mol. The summed E-state index contributed by atoms with van der Waals surface area (Å²) in [7, 11) is 0. The van der Waals surface area contributed by atoms with Crippen LogP contribution in [0.4, 0.5) is 5.69 Å². The highest BCUT2D eigenvalue weighted by atomic mass is 35.5. The van der Waals surface area contributed by atoms with Crippen molar-refractivity contribution in [3.8, 4) is 0 Å². The molecule has 106 valence electrons. The van der Waals surface area contributed by atoms with Gasteiger partial charge in [0.05, 0.1) is 11.9 Å². The summed E-state index contributed by atoms with van der Waals surface area (Å²) in [4.78, 5) is 12.0. The highest BCUT2D eigenvalue weighted by molar-refractivity contribution is 7.99. The minimum Gasteiger partial charge on any atom is -0.381 e. The number of nitrogens with one attached hydrogen (secondary N) is 1. The van der Waals surface area contributed by atoms with Crippen molar-refractivity contribution < 1.29 is 0 Å². The molecule has 0 spiro atoms. The second-order valence-corrected chi connectivity index (χ2v) is 6.56. The molecule has 0 aliphatic carbocycles. The molecule has 1 atom stereocenters. The minimum absolute atomic E-state index is 0.204. The van der Waals surface area contributed by atoms with Gasteiger partial charge < -0.3 is 5.32 Å². The normalized spacial score (nSPS) is 19.4. The van der Waals surface area contributed by atoms with Gasteiger partial charge in [0.2, 0.25) is 0 Å². The van der Waals surface area contributed by atoms with Gasteiger partial charge in [-0.1, -0.05) is 24.9 Å². The monoisotopic (exact) mass is 301 g/mol. The fourth-order valence-electron chi connectivity index (χ4n) is 2.15. The Labute approximate surface area is 122 Å². The van der Waals surface area contributed by atoms with Gasteiger partial charge in [-0.3, -0.25) is 4.79 Å². The zero-order chi connectivity index (χ0) is 13.7. The van der Waals surface area contributed by atoms with E-state index in [0.29, 0.717) is 17.5 Å². The lowest BCUT2D eigenvalue weighted by molar-refractivity contribution is 0.568. The Morgan fingerprint density at radius 2 is 2.42 bits per heavy atom. The second-order valence-electron chi connectivity index (χ2n) is 4.77. The summed E-state index contributed by atoms with van der Waals surface area (Å²) in [6, 6.07) is 0. The summed E-state index contributed by atoms with van der Waals surface area (Å²) in [6.45, 7) is 3.47. The molecule has 6 heteroatoms. The molecule has 1 N–H and O–H groups in total. The van der Waals surface area contributed by atoms with Crippen LogP contribution < -0.4 is 10.9 Å². The number of aryl methyl sites for hydroxylation is 1. The van der Waals surface area contributed by atoms with E-state index in [4.69, 9.17) is 11.6 Å². The van der Waals surface area contributed by atoms with Crippen molar-refractivity contribution in [2.24, 2.45) is 0 Å². The van der Waals surface area contributed by atoms with Gasteiger partial charge in [0.15, 0.2) is 0 Å². The SMILES string of the molecule is CCCn1ncc(NCC2CCCCS2)c(Cl)c1=O. The van der Waals surface area contributed by atoms with Crippen LogP contribution in [0.2, 0.25) is 5.02 Å². The first-order valence-electron chi connectivity index (χ1n) is 6.83. The Hall–Kier alpha value is -0.680. The summed E-state index contributed by atoms with van der Waals surface area (Å²) in [6.07, 6.45) is 6.37. The quantitative estimate of drug-likeness (QED) is 0.908. The predicted octanol–water partition coefficient (Wildman–Crippen LogP) is 3.00. The van der Waals surface area contributed by atoms with Crippen molar-refractivity contribution in [3.05, 3.63) is 21.6 Å². The van der Waals surface area contributed by atoms with E-state index in [-0.39, 0.29) is 10.6 Å². The molecule has 0 aromatic carbocycles. The van der Waals surface area contributed by atoms with E-state index < -0.39 is 0 Å². The van der Waals surface area contributed by atoms with Crippen molar-refractivity contribution in [2.45, 2.75) is 44.4 Å². The summed E-state index contributed by atoms with van der Waals surface area (Å²) in [5, 5.41) is 8.27. The molecule has 1 aromatic rings. The standard InChI is InChI=1S/C13H20ClN3OS/c1-2-6-17-13(18)12(14)11(9-16-17)15-8-10-5-3-4-7-19-10/h9-10,15H,2-8H2,1H3. The summed E-state index contributed by atoms with van der Waals surface area (Å²) in [5.74, 6) is 1.23. The van der Waals surface area contributed by atoms with Crippen LogP contribution in [0.5, 0.6) is 0 Å². The van der Waals surface area contributed by atoms with Crippen LogP contribution in [0, 0.1) is 0 Å². The molecule has 4 nitrogen and oxygen atoms in total. The molecular weight excluding hydrogens is 282 g/mol. The lowest BCUT2D eigenvalue weighted by Crippen LogP contribution is -2.26. The van der Waals surface area contributed by atoms with Crippen LogP contribution in [0.15, 0.2) is 11.0 Å². The molecule has 1 aromatic heterocycles. The number of nitrogens with zero attached hydrogens (tertiary/aromatic N) is 2. The fraction of sp³-hybridized carbons (Fsp3) is 0.692. The van der Waals surface area contributed by atoms with Gasteiger partial charge in [0, 0.05) is 18.3 Å². The maximum absolute atomic E-state index is 12.0. The van der Waals surface area contributed by atoms with E-state index in [1.165, 1.54) is 29.7 Å². The summed E-state index contributed by atoms with van der Waals surface area (Å²) in [5.41, 5.74) is 0.454. The van der Waals surface area contributed by atoms with Gasteiger partial charge in [0.25, 0.3) is 5.56 Å². The average Bonchev–Trinajstić information content (AvgIpc) is 2.44. The van der Waals surface area contributed by atoms with E-state index >= 15 is 0 Å². The Morgan fingerprint density at radius 1 is 1.58 bits per heavy atom. The first kappa shape index (κ1) is 14.7. The number of thioether (sulfide) groups is 1. The minimum atomic E-state index is -0.204. The maximum atomic E-state index is 12.0. The van der Waals surface area contributed by atoms with Crippen LogP contribution >= 0.6 is 23.4 Å². The molecule has 19 heavy (non-hydrogen) atoms. The highest BCUT2D eigenvalue weighted by Crippen LogP contribution is 2.26. The number of rotatable bonds is 5. The van der Waals surface area contributed by atoms with Gasteiger partial charge >= 0.3 is 0 Å². The van der Waals surface area contributed by atoms with Crippen molar-refractivity contribution in [1.82, 2.24) is 9.78 Å².